The lowest BCUT2D eigenvalue weighted by Crippen LogP contribution is -2.66. The number of phenols is 2. The minimum Gasteiger partial charge on any atom is -0.506 e. The van der Waals surface area contributed by atoms with E-state index in [1.807, 2.05) is 24.3 Å². The normalized spacial score (nSPS) is 40.7. The van der Waals surface area contributed by atoms with E-state index >= 15 is 0 Å². The number of phenolic OH excluding ortho intramolecular Hbond substituents is 2. The molecule has 10 rings (SSSR count). The van der Waals surface area contributed by atoms with Crippen LogP contribution in [0, 0.1) is 34.5 Å². The van der Waals surface area contributed by atoms with Crippen LogP contribution in [0.4, 0.5) is 11.4 Å². The van der Waals surface area contributed by atoms with E-state index in [1.54, 1.807) is 0 Å². The van der Waals surface area contributed by atoms with Gasteiger partial charge in [-0.25, -0.2) is 0 Å². The molecule has 42 heavy (non-hydrogen) atoms. The molecule has 8 saturated carbocycles. The monoisotopic (exact) mass is 568 g/mol. The average Bonchev–Trinajstić information content (AvgIpc) is 2.89. The predicted octanol–water partition coefficient (Wildman–Crippen LogP) is 7.39. The van der Waals surface area contributed by atoms with E-state index in [0.29, 0.717) is 22.2 Å². The van der Waals surface area contributed by atoms with Gasteiger partial charge >= 0.3 is 0 Å². The zero-order chi connectivity index (χ0) is 29.1. The summed E-state index contributed by atoms with van der Waals surface area (Å²) in [6.45, 7) is 2.96. The molecule has 0 aliphatic heterocycles. The van der Waals surface area contributed by atoms with E-state index in [1.165, 1.54) is 102 Å². The number of benzene rings is 2. The summed E-state index contributed by atoms with van der Waals surface area (Å²) in [5.74, 6) is 3.01. The Hall–Kier alpha value is -3.02. The van der Waals surface area contributed by atoms with Crippen molar-refractivity contribution in [3.63, 3.8) is 0 Å². The molecule has 8 fully saturated rings. The highest BCUT2D eigenvalue weighted by Crippen LogP contribution is 2.78. The highest BCUT2D eigenvalue weighted by Gasteiger charge is 2.70. The maximum absolute atomic E-state index is 11.7. The zero-order valence-corrected chi connectivity index (χ0v) is 25.0. The molecular formula is C36H44N2O4. The van der Waals surface area contributed by atoms with Crippen LogP contribution < -0.4 is 10.6 Å². The molecule has 0 saturated heterocycles. The van der Waals surface area contributed by atoms with Gasteiger partial charge in [-0.1, -0.05) is 12.1 Å². The lowest BCUT2D eigenvalue weighted by molar-refractivity contribution is -0.212. The third kappa shape index (κ3) is 3.82. The molecule has 2 amide bonds. The van der Waals surface area contributed by atoms with E-state index < -0.39 is 0 Å². The molecule has 0 spiro atoms. The summed E-state index contributed by atoms with van der Waals surface area (Å²) in [4.78, 5) is 23.3. The van der Waals surface area contributed by atoms with Crippen LogP contribution in [0.15, 0.2) is 36.4 Å². The lowest BCUT2D eigenvalue weighted by Gasteiger charge is -2.74. The smallest absolute Gasteiger partial charge is 0.221 e. The molecule has 8 bridgehead atoms. The van der Waals surface area contributed by atoms with Gasteiger partial charge in [0.1, 0.15) is 11.5 Å². The van der Waals surface area contributed by atoms with Crippen LogP contribution in [-0.4, -0.2) is 22.0 Å². The summed E-state index contributed by atoms with van der Waals surface area (Å²) in [6, 6.07) is 12.1. The number of carbonyl (C=O) groups excluding carboxylic acids is 2. The summed E-state index contributed by atoms with van der Waals surface area (Å²) in [5.41, 5.74) is 4.39. The first-order chi connectivity index (χ1) is 20.0. The number of rotatable bonds is 5. The van der Waals surface area contributed by atoms with E-state index in [2.05, 4.69) is 22.8 Å². The highest BCUT2D eigenvalue weighted by atomic mass is 16.3. The predicted molar refractivity (Wildman–Crippen MR) is 162 cm³/mol. The molecule has 0 radical (unpaired) electrons. The molecule has 8 aliphatic rings. The number of carbonyl (C=O) groups is 2. The van der Waals surface area contributed by atoms with Gasteiger partial charge in [0.25, 0.3) is 0 Å². The van der Waals surface area contributed by atoms with Crippen LogP contribution in [0.2, 0.25) is 0 Å². The summed E-state index contributed by atoms with van der Waals surface area (Å²) in [5, 5.41) is 27.4. The second-order valence-corrected chi connectivity index (χ2v) is 15.9. The highest BCUT2D eigenvalue weighted by molar-refractivity contribution is 5.91. The summed E-state index contributed by atoms with van der Waals surface area (Å²) in [6.07, 6.45) is 15.4. The number of hydrogen-bond acceptors (Lipinski definition) is 4. The van der Waals surface area contributed by atoms with Crippen LogP contribution >= 0.6 is 0 Å². The Morgan fingerprint density at radius 1 is 0.619 bits per heavy atom. The summed E-state index contributed by atoms with van der Waals surface area (Å²) in [7, 11) is 0. The third-order valence-corrected chi connectivity index (χ3v) is 13.1. The molecule has 4 unspecified atom stereocenters. The first kappa shape index (κ1) is 26.6. The van der Waals surface area contributed by atoms with Crippen LogP contribution in [0.5, 0.6) is 11.5 Å². The minimum atomic E-state index is -0.166. The van der Waals surface area contributed by atoms with Gasteiger partial charge in [0.15, 0.2) is 0 Å². The molecule has 2 aromatic rings. The van der Waals surface area contributed by atoms with Gasteiger partial charge in [-0.2, -0.15) is 0 Å². The van der Waals surface area contributed by atoms with Crippen molar-refractivity contribution < 1.29 is 19.8 Å². The minimum absolute atomic E-state index is 0.102. The van der Waals surface area contributed by atoms with E-state index in [9.17, 15) is 19.8 Å². The van der Waals surface area contributed by atoms with Gasteiger partial charge < -0.3 is 20.8 Å². The fourth-order valence-corrected chi connectivity index (χ4v) is 12.8. The second kappa shape index (κ2) is 8.76. The fraction of sp³-hybridized carbons (Fsp3) is 0.611. The largest absolute Gasteiger partial charge is 0.506 e. The summed E-state index contributed by atoms with van der Waals surface area (Å²) < 4.78 is 0. The first-order valence-electron chi connectivity index (χ1n) is 16.2. The van der Waals surface area contributed by atoms with E-state index in [0.717, 1.165) is 23.7 Å². The Balaban J connectivity index is 1.17. The SMILES string of the molecule is CC(=O)Nc1ccc(C23CC4CC(C2)CC(C25CC6CC(CC(c7ccc(NC(C)=O)c(O)c7)(C6)C2)C5)(C4)C3)cc1O. The average molecular weight is 569 g/mol. The van der Waals surface area contributed by atoms with Crippen molar-refractivity contribution in [2.75, 3.05) is 10.6 Å². The molecule has 0 aromatic heterocycles. The lowest BCUT2D eigenvalue weighted by atomic mass is 9.30. The number of amides is 2. The number of nitrogens with one attached hydrogen (secondary N) is 2. The van der Waals surface area contributed by atoms with Gasteiger partial charge in [0.05, 0.1) is 11.4 Å². The standard InChI is InChI=1S/C36H44N2O4/c1-21(39)37-29-5-3-27(9-31(29)41)33-11-23-7-24(12-33)16-35(15-23,19-33)36-17-25-8-26(18-36)14-34(13-25,20-36)28-4-6-30(32(42)10-28)38-22(2)40/h3-6,9-10,23-26,41-42H,7-8,11-20H2,1-2H3,(H,37,39)(H,38,40). The molecule has 0 heterocycles. The Morgan fingerprint density at radius 3 is 1.29 bits per heavy atom. The third-order valence-electron chi connectivity index (χ3n) is 13.1. The van der Waals surface area contributed by atoms with Crippen molar-refractivity contribution in [3.8, 4) is 11.5 Å². The first-order valence-corrected chi connectivity index (χ1v) is 16.2. The maximum Gasteiger partial charge on any atom is 0.221 e. The fourth-order valence-electron chi connectivity index (χ4n) is 12.8. The van der Waals surface area contributed by atoms with Gasteiger partial charge in [0, 0.05) is 13.8 Å². The molecule has 4 N–H and O–H groups in total. The van der Waals surface area contributed by atoms with Gasteiger partial charge in [-0.05, 0) is 158 Å². The Kier molecular flexibility index (Phi) is 5.55. The van der Waals surface area contributed by atoms with Crippen molar-refractivity contribution in [2.45, 2.75) is 102 Å². The molecule has 8 aliphatic carbocycles. The van der Waals surface area contributed by atoms with Crippen molar-refractivity contribution in [1.29, 1.82) is 0 Å². The molecule has 4 atom stereocenters. The van der Waals surface area contributed by atoms with Crippen LogP contribution in [0.3, 0.4) is 0 Å². The number of aromatic hydroxyl groups is 2. The topological polar surface area (TPSA) is 98.7 Å². The number of hydrogen-bond donors (Lipinski definition) is 4. The van der Waals surface area contributed by atoms with Crippen LogP contribution in [0.1, 0.15) is 102 Å². The van der Waals surface area contributed by atoms with Crippen LogP contribution in [-0.2, 0) is 20.4 Å². The second-order valence-electron chi connectivity index (χ2n) is 15.9. The maximum atomic E-state index is 11.7. The van der Waals surface area contributed by atoms with Crippen molar-refractivity contribution in [1.82, 2.24) is 0 Å². The molecule has 6 heteroatoms. The zero-order valence-electron chi connectivity index (χ0n) is 25.0. The quantitative estimate of drug-likeness (QED) is 0.283. The number of anilines is 2. The van der Waals surface area contributed by atoms with Gasteiger partial charge in [-0.3, -0.25) is 9.59 Å². The Morgan fingerprint density at radius 2 is 0.976 bits per heavy atom. The van der Waals surface area contributed by atoms with E-state index in [-0.39, 0.29) is 34.1 Å². The molecular weight excluding hydrogens is 524 g/mol. The Labute approximate surface area is 248 Å². The molecule has 2 aromatic carbocycles. The molecule has 222 valence electrons. The van der Waals surface area contributed by atoms with Gasteiger partial charge in [0.2, 0.25) is 11.8 Å². The summed E-state index contributed by atoms with van der Waals surface area (Å²) >= 11 is 0. The van der Waals surface area contributed by atoms with Crippen molar-refractivity contribution >= 4 is 23.2 Å². The van der Waals surface area contributed by atoms with E-state index in [4.69, 9.17) is 0 Å². The Bertz CT molecular complexity index is 1360. The van der Waals surface area contributed by atoms with Crippen LogP contribution in [0.25, 0.3) is 0 Å². The van der Waals surface area contributed by atoms with Crippen molar-refractivity contribution in [3.05, 3.63) is 47.5 Å². The van der Waals surface area contributed by atoms with Gasteiger partial charge in [-0.15, -0.1) is 0 Å². The molecule has 6 nitrogen and oxygen atoms in total. The van der Waals surface area contributed by atoms with Crippen molar-refractivity contribution in [2.24, 2.45) is 34.5 Å².